The van der Waals surface area contributed by atoms with Gasteiger partial charge < -0.3 is 5.32 Å². The van der Waals surface area contributed by atoms with E-state index in [4.69, 9.17) is 11.6 Å². The standard InChI is InChI=1S/C18H18ClN5OS/c1-11-4-9-16(12(2)10-11)20-17(25)13(3)26-18-21-22-23-24(18)15-7-5-14(19)6-8-15/h4-10,13H,1-3H3,(H,20,25). The fourth-order valence-corrected chi connectivity index (χ4v) is 3.33. The molecule has 0 aliphatic carbocycles. The Morgan fingerprint density at radius 2 is 1.92 bits per heavy atom. The Balaban J connectivity index is 1.72. The van der Waals surface area contributed by atoms with Gasteiger partial charge in [0.1, 0.15) is 0 Å². The van der Waals surface area contributed by atoms with Crippen molar-refractivity contribution in [2.24, 2.45) is 0 Å². The highest BCUT2D eigenvalue weighted by Gasteiger charge is 2.20. The van der Waals surface area contributed by atoms with Crippen molar-refractivity contribution in [3.8, 4) is 5.69 Å². The number of anilines is 1. The van der Waals surface area contributed by atoms with E-state index in [0.717, 1.165) is 22.5 Å². The molecule has 1 aromatic heterocycles. The van der Waals surface area contributed by atoms with Crippen LogP contribution in [0.4, 0.5) is 5.69 Å². The van der Waals surface area contributed by atoms with Crippen LogP contribution in [0.25, 0.3) is 5.69 Å². The first-order valence-electron chi connectivity index (χ1n) is 8.03. The number of aromatic nitrogens is 4. The highest BCUT2D eigenvalue weighted by atomic mass is 35.5. The number of carbonyl (C=O) groups excluding carboxylic acids is 1. The molecular weight excluding hydrogens is 370 g/mol. The third-order valence-corrected chi connectivity index (χ3v) is 5.09. The summed E-state index contributed by atoms with van der Waals surface area (Å²) in [6.45, 7) is 5.82. The van der Waals surface area contributed by atoms with Gasteiger partial charge in [-0.3, -0.25) is 4.79 Å². The molecule has 3 aromatic rings. The summed E-state index contributed by atoms with van der Waals surface area (Å²) in [5.41, 5.74) is 3.78. The molecule has 0 spiro atoms. The first-order chi connectivity index (χ1) is 12.4. The minimum Gasteiger partial charge on any atom is -0.325 e. The molecule has 8 heteroatoms. The van der Waals surface area contributed by atoms with Gasteiger partial charge in [0.2, 0.25) is 11.1 Å². The third kappa shape index (κ3) is 4.23. The lowest BCUT2D eigenvalue weighted by Crippen LogP contribution is -2.23. The number of aryl methyl sites for hydroxylation is 2. The highest BCUT2D eigenvalue weighted by molar-refractivity contribution is 8.00. The molecule has 26 heavy (non-hydrogen) atoms. The van der Waals surface area contributed by atoms with Gasteiger partial charge in [-0.25, -0.2) is 0 Å². The number of thioether (sulfide) groups is 1. The SMILES string of the molecule is Cc1ccc(NC(=O)C(C)Sc2nnnn2-c2ccc(Cl)cc2)c(C)c1. The van der Waals surface area contributed by atoms with Crippen molar-refractivity contribution >= 4 is 35.0 Å². The van der Waals surface area contributed by atoms with Gasteiger partial charge in [-0.1, -0.05) is 41.1 Å². The molecule has 1 heterocycles. The molecule has 1 unspecified atom stereocenters. The number of nitrogens with one attached hydrogen (secondary N) is 1. The van der Waals surface area contributed by atoms with Crippen molar-refractivity contribution in [2.45, 2.75) is 31.2 Å². The van der Waals surface area contributed by atoms with Crippen LogP contribution >= 0.6 is 23.4 Å². The summed E-state index contributed by atoms with van der Waals surface area (Å²) in [6, 6.07) is 13.1. The number of carbonyl (C=O) groups is 1. The Kier molecular flexibility index (Phi) is 5.58. The van der Waals surface area contributed by atoms with Crippen molar-refractivity contribution in [2.75, 3.05) is 5.32 Å². The van der Waals surface area contributed by atoms with E-state index in [0.29, 0.717) is 10.2 Å². The third-order valence-electron chi connectivity index (χ3n) is 3.80. The minimum atomic E-state index is -0.368. The number of rotatable bonds is 5. The number of hydrogen-bond acceptors (Lipinski definition) is 5. The number of nitrogens with zero attached hydrogens (tertiary/aromatic N) is 4. The Labute approximate surface area is 160 Å². The Hall–Kier alpha value is -2.38. The van der Waals surface area contributed by atoms with Crippen molar-refractivity contribution < 1.29 is 4.79 Å². The van der Waals surface area contributed by atoms with Gasteiger partial charge in [0, 0.05) is 10.7 Å². The van der Waals surface area contributed by atoms with Crippen molar-refractivity contribution in [3.63, 3.8) is 0 Å². The van der Waals surface area contributed by atoms with Crippen molar-refractivity contribution in [1.29, 1.82) is 0 Å². The molecule has 0 aliphatic heterocycles. The molecular formula is C18H18ClN5OS. The molecule has 0 bridgehead atoms. The molecule has 3 rings (SSSR count). The summed E-state index contributed by atoms with van der Waals surface area (Å²) >= 11 is 7.21. The molecule has 2 aromatic carbocycles. The molecule has 1 amide bonds. The molecule has 1 atom stereocenters. The van der Waals surface area contributed by atoms with E-state index in [1.165, 1.54) is 11.8 Å². The average Bonchev–Trinajstić information content (AvgIpc) is 3.06. The predicted molar refractivity (Wildman–Crippen MR) is 104 cm³/mol. The van der Waals surface area contributed by atoms with Crippen LogP contribution in [0.15, 0.2) is 47.6 Å². The van der Waals surface area contributed by atoms with Crippen LogP contribution in [-0.2, 0) is 4.79 Å². The van der Waals surface area contributed by atoms with E-state index < -0.39 is 0 Å². The van der Waals surface area contributed by atoms with E-state index in [1.54, 1.807) is 16.8 Å². The molecule has 0 fully saturated rings. The largest absolute Gasteiger partial charge is 0.325 e. The normalized spacial score (nSPS) is 12.0. The number of amides is 1. The zero-order valence-electron chi connectivity index (χ0n) is 14.6. The van der Waals surface area contributed by atoms with Crippen LogP contribution in [0.2, 0.25) is 5.02 Å². The van der Waals surface area contributed by atoms with Crippen LogP contribution in [-0.4, -0.2) is 31.4 Å². The van der Waals surface area contributed by atoms with Gasteiger partial charge in [0.25, 0.3) is 0 Å². The Morgan fingerprint density at radius 1 is 1.19 bits per heavy atom. The summed E-state index contributed by atoms with van der Waals surface area (Å²) < 4.78 is 1.59. The second-order valence-corrected chi connectivity index (χ2v) is 7.66. The molecule has 134 valence electrons. The maximum atomic E-state index is 12.5. The lowest BCUT2D eigenvalue weighted by atomic mass is 10.1. The molecule has 0 radical (unpaired) electrons. The maximum Gasteiger partial charge on any atom is 0.237 e. The van der Waals surface area contributed by atoms with Crippen molar-refractivity contribution in [3.05, 3.63) is 58.6 Å². The second-order valence-electron chi connectivity index (χ2n) is 5.92. The summed E-state index contributed by atoms with van der Waals surface area (Å²) in [6.07, 6.45) is 0. The minimum absolute atomic E-state index is 0.104. The van der Waals surface area contributed by atoms with Gasteiger partial charge in [-0.15, -0.1) is 5.10 Å². The fraction of sp³-hybridized carbons (Fsp3) is 0.222. The van der Waals surface area contributed by atoms with Crippen LogP contribution in [0.5, 0.6) is 0 Å². The van der Waals surface area contributed by atoms with E-state index >= 15 is 0 Å². The predicted octanol–water partition coefficient (Wildman–Crippen LogP) is 4.05. The Bertz CT molecular complexity index is 926. The number of hydrogen-bond donors (Lipinski definition) is 1. The van der Waals surface area contributed by atoms with Crippen LogP contribution in [0, 0.1) is 13.8 Å². The second kappa shape index (κ2) is 7.88. The summed E-state index contributed by atoms with van der Waals surface area (Å²) in [5.74, 6) is -0.104. The molecule has 0 aliphatic rings. The smallest absolute Gasteiger partial charge is 0.237 e. The monoisotopic (exact) mass is 387 g/mol. The van der Waals surface area contributed by atoms with Gasteiger partial charge in [-0.2, -0.15) is 4.68 Å². The average molecular weight is 388 g/mol. The topological polar surface area (TPSA) is 72.7 Å². The molecule has 0 saturated heterocycles. The number of benzene rings is 2. The number of tetrazole rings is 1. The quantitative estimate of drug-likeness (QED) is 0.668. The number of halogens is 1. The molecule has 1 N–H and O–H groups in total. The van der Waals surface area contributed by atoms with Crippen LogP contribution in [0.1, 0.15) is 18.1 Å². The van der Waals surface area contributed by atoms with E-state index in [9.17, 15) is 4.79 Å². The lowest BCUT2D eigenvalue weighted by molar-refractivity contribution is -0.115. The molecule has 0 saturated carbocycles. The Morgan fingerprint density at radius 3 is 2.62 bits per heavy atom. The zero-order chi connectivity index (χ0) is 18.7. The van der Waals surface area contributed by atoms with Crippen molar-refractivity contribution in [1.82, 2.24) is 20.2 Å². The van der Waals surface area contributed by atoms with Crippen LogP contribution < -0.4 is 5.32 Å². The van der Waals surface area contributed by atoms with Gasteiger partial charge in [-0.05, 0) is 67.1 Å². The summed E-state index contributed by atoms with van der Waals surface area (Å²) in [7, 11) is 0. The van der Waals surface area contributed by atoms with Gasteiger partial charge >= 0.3 is 0 Å². The van der Waals surface area contributed by atoms with E-state index in [2.05, 4.69) is 20.8 Å². The fourth-order valence-electron chi connectivity index (χ4n) is 2.40. The lowest BCUT2D eigenvalue weighted by Gasteiger charge is -2.13. The first kappa shape index (κ1) is 18.4. The molecule has 6 nitrogen and oxygen atoms in total. The zero-order valence-corrected chi connectivity index (χ0v) is 16.2. The first-order valence-corrected chi connectivity index (χ1v) is 9.29. The maximum absolute atomic E-state index is 12.5. The van der Waals surface area contributed by atoms with Crippen LogP contribution in [0.3, 0.4) is 0 Å². The van der Waals surface area contributed by atoms with Gasteiger partial charge in [0.05, 0.1) is 10.9 Å². The van der Waals surface area contributed by atoms with E-state index in [-0.39, 0.29) is 11.2 Å². The highest BCUT2D eigenvalue weighted by Crippen LogP contribution is 2.25. The van der Waals surface area contributed by atoms with E-state index in [1.807, 2.05) is 51.1 Å². The summed E-state index contributed by atoms with van der Waals surface area (Å²) in [4.78, 5) is 12.5. The summed E-state index contributed by atoms with van der Waals surface area (Å²) in [5, 5.41) is 15.5. The van der Waals surface area contributed by atoms with Gasteiger partial charge in [0.15, 0.2) is 0 Å².